The highest BCUT2D eigenvalue weighted by Crippen LogP contribution is 2.28. The van der Waals surface area contributed by atoms with Crippen LogP contribution in [0, 0.1) is 23.6 Å². The maximum atomic E-state index is 13.4. The zero-order chi connectivity index (χ0) is 12.8. The van der Waals surface area contributed by atoms with Crippen molar-refractivity contribution in [1.82, 2.24) is 0 Å². The van der Waals surface area contributed by atoms with Gasteiger partial charge >= 0.3 is 0 Å². The summed E-state index contributed by atoms with van der Waals surface area (Å²) in [6.07, 6.45) is 2.42. The molecule has 0 unspecified atom stereocenters. The molecular weight excluding hydrogens is 235 g/mol. The van der Waals surface area contributed by atoms with Gasteiger partial charge in [-0.3, -0.25) is 0 Å². The molecule has 0 aliphatic heterocycles. The number of benzene rings is 1. The second-order valence-electron chi connectivity index (χ2n) is 4.18. The van der Waals surface area contributed by atoms with E-state index in [2.05, 4.69) is 11.8 Å². The van der Waals surface area contributed by atoms with E-state index in [1.807, 2.05) is 0 Å². The minimum atomic E-state index is -0.445. The van der Waals surface area contributed by atoms with Gasteiger partial charge in [0.15, 0.2) is 18.4 Å². The van der Waals surface area contributed by atoms with E-state index in [4.69, 9.17) is 14.6 Å². The molecule has 0 spiro atoms. The Hall–Kier alpha value is -1.57. The van der Waals surface area contributed by atoms with Crippen molar-refractivity contribution in [3.63, 3.8) is 0 Å². The molecule has 1 N–H and O–H groups in total. The molecule has 1 aliphatic carbocycles. The van der Waals surface area contributed by atoms with Crippen molar-refractivity contribution in [2.24, 2.45) is 5.92 Å². The third-order valence-electron chi connectivity index (χ3n) is 2.59. The van der Waals surface area contributed by atoms with Gasteiger partial charge in [-0.15, -0.1) is 0 Å². The first-order valence-electron chi connectivity index (χ1n) is 5.89. The summed E-state index contributed by atoms with van der Waals surface area (Å²) >= 11 is 0. The van der Waals surface area contributed by atoms with Gasteiger partial charge in [-0.2, -0.15) is 0 Å². The molecule has 0 radical (unpaired) electrons. The standard InChI is InChI=1S/C14H15FO3/c15-13-6-5-11(2-1-7-16)8-14(13)18-10-17-9-12-3-4-12/h5-6,8,12,16H,3-4,7,9-10H2. The van der Waals surface area contributed by atoms with E-state index in [1.165, 1.54) is 31.0 Å². The Morgan fingerprint density at radius 2 is 2.22 bits per heavy atom. The Morgan fingerprint density at radius 1 is 1.39 bits per heavy atom. The molecule has 0 saturated heterocycles. The van der Waals surface area contributed by atoms with Crippen molar-refractivity contribution < 1.29 is 19.0 Å². The summed E-state index contributed by atoms with van der Waals surface area (Å²) in [4.78, 5) is 0. The minimum absolute atomic E-state index is 0.0459. The van der Waals surface area contributed by atoms with E-state index in [9.17, 15) is 4.39 Å². The van der Waals surface area contributed by atoms with Crippen molar-refractivity contribution in [2.75, 3.05) is 20.0 Å². The topological polar surface area (TPSA) is 38.7 Å². The molecule has 0 heterocycles. The molecule has 96 valence electrons. The normalized spacial score (nSPS) is 13.9. The van der Waals surface area contributed by atoms with E-state index in [0.717, 1.165) is 0 Å². The lowest BCUT2D eigenvalue weighted by atomic mass is 10.2. The van der Waals surface area contributed by atoms with Crippen LogP contribution in [-0.2, 0) is 4.74 Å². The Labute approximate surface area is 106 Å². The molecule has 0 amide bonds. The van der Waals surface area contributed by atoms with Gasteiger partial charge in [-0.1, -0.05) is 11.8 Å². The van der Waals surface area contributed by atoms with Gasteiger partial charge in [0.05, 0.1) is 6.61 Å². The van der Waals surface area contributed by atoms with Crippen LogP contribution in [0.25, 0.3) is 0 Å². The van der Waals surface area contributed by atoms with Crippen LogP contribution in [0.4, 0.5) is 4.39 Å². The zero-order valence-electron chi connectivity index (χ0n) is 9.99. The van der Waals surface area contributed by atoms with Crippen molar-refractivity contribution in [1.29, 1.82) is 0 Å². The lowest BCUT2D eigenvalue weighted by Gasteiger charge is -2.08. The molecule has 3 nitrogen and oxygen atoms in total. The molecule has 1 saturated carbocycles. The Bertz CT molecular complexity index is 458. The SMILES string of the molecule is OCC#Cc1ccc(F)c(OCOCC2CC2)c1. The van der Waals surface area contributed by atoms with Gasteiger partial charge in [0.25, 0.3) is 0 Å². The van der Waals surface area contributed by atoms with E-state index in [-0.39, 0.29) is 19.1 Å². The van der Waals surface area contributed by atoms with E-state index >= 15 is 0 Å². The summed E-state index contributed by atoms with van der Waals surface area (Å²) in [6.45, 7) is 0.494. The van der Waals surface area contributed by atoms with E-state index in [1.54, 1.807) is 0 Å². The molecule has 4 heteroatoms. The van der Waals surface area contributed by atoms with Gasteiger partial charge < -0.3 is 14.6 Å². The van der Waals surface area contributed by atoms with Crippen molar-refractivity contribution in [3.05, 3.63) is 29.6 Å². The smallest absolute Gasteiger partial charge is 0.189 e. The van der Waals surface area contributed by atoms with Crippen LogP contribution in [-0.4, -0.2) is 25.1 Å². The van der Waals surface area contributed by atoms with Crippen LogP contribution in [0.5, 0.6) is 5.75 Å². The minimum Gasteiger partial charge on any atom is -0.464 e. The summed E-state index contributed by atoms with van der Waals surface area (Å²) in [7, 11) is 0. The number of aliphatic hydroxyl groups is 1. The van der Waals surface area contributed by atoms with Crippen LogP contribution < -0.4 is 4.74 Å². The van der Waals surface area contributed by atoms with Crippen LogP contribution in [0.3, 0.4) is 0 Å². The number of hydrogen-bond acceptors (Lipinski definition) is 3. The fourth-order valence-corrected chi connectivity index (χ4v) is 1.44. The maximum Gasteiger partial charge on any atom is 0.189 e. The highest BCUT2D eigenvalue weighted by Gasteiger charge is 2.21. The number of aliphatic hydroxyl groups excluding tert-OH is 1. The van der Waals surface area contributed by atoms with Gasteiger partial charge in [0, 0.05) is 5.56 Å². The van der Waals surface area contributed by atoms with Crippen LogP contribution in [0.15, 0.2) is 18.2 Å². The largest absolute Gasteiger partial charge is 0.464 e. The Morgan fingerprint density at radius 3 is 2.94 bits per heavy atom. The number of hydrogen-bond donors (Lipinski definition) is 1. The average Bonchev–Trinajstić information content (AvgIpc) is 3.19. The fourth-order valence-electron chi connectivity index (χ4n) is 1.44. The van der Waals surface area contributed by atoms with Gasteiger partial charge in [0.2, 0.25) is 0 Å². The monoisotopic (exact) mass is 250 g/mol. The van der Waals surface area contributed by atoms with Crippen molar-refractivity contribution >= 4 is 0 Å². The van der Waals surface area contributed by atoms with Crippen LogP contribution in [0.1, 0.15) is 18.4 Å². The first-order chi connectivity index (χ1) is 8.79. The van der Waals surface area contributed by atoms with Crippen LogP contribution >= 0.6 is 0 Å². The highest BCUT2D eigenvalue weighted by atomic mass is 19.1. The van der Waals surface area contributed by atoms with Crippen LogP contribution in [0.2, 0.25) is 0 Å². The second-order valence-corrected chi connectivity index (χ2v) is 4.18. The first kappa shape index (κ1) is 12.9. The predicted molar refractivity (Wildman–Crippen MR) is 64.5 cm³/mol. The molecule has 0 bridgehead atoms. The number of rotatable bonds is 5. The molecule has 1 aliphatic rings. The summed E-state index contributed by atoms with van der Waals surface area (Å²) in [6, 6.07) is 4.33. The molecule has 1 fully saturated rings. The number of ether oxygens (including phenoxy) is 2. The predicted octanol–water partition coefficient (Wildman–Crippen LogP) is 1.93. The summed E-state index contributed by atoms with van der Waals surface area (Å²) < 4.78 is 23.9. The molecule has 0 atom stereocenters. The average molecular weight is 250 g/mol. The van der Waals surface area contributed by atoms with Crippen molar-refractivity contribution in [2.45, 2.75) is 12.8 Å². The Balaban J connectivity index is 1.88. The third kappa shape index (κ3) is 4.02. The van der Waals surface area contributed by atoms with Gasteiger partial charge in [-0.05, 0) is 37.0 Å². The van der Waals surface area contributed by atoms with Gasteiger partial charge in [-0.25, -0.2) is 4.39 Å². The Kier molecular flexibility index (Phi) is 4.57. The number of halogens is 1. The molecule has 1 aromatic carbocycles. The lowest BCUT2D eigenvalue weighted by Crippen LogP contribution is -2.06. The second kappa shape index (κ2) is 6.39. The van der Waals surface area contributed by atoms with E-state index < -0.39 is 5.82 Å². The third-order valence-corrected chi connectivity index (χ3v) is 2.59. The highest BCUT2D eigenvalue weighted by molar-refractivity contribution is 5.40. The quantitative estimate of drug-likeness (QED) is 0.493. The maximum absolute atomic E-state index is 13.4. The fraction of sp³-hybridized carbons (Fsp3) is 0.429. The molecule has 1 aromatic rings. The molecule has 0 aromatic heterocycles. The van der Waals surface area contributed by atoms with Crippen molar-refractivity contribution in [3.8, 4) is 17.6 Å². The molecule has 2 rings (SSSR count). The summed E-state index contributed by atoms with van der Waals surface area (Å²) in [5.74, 6) is 5.52. The molecule has 18 heavy (non-hydrogen) atoms. The summed E-state index contributed by atoms with van der Waals surface area (Å²) in [5.41, 5.74) is 0.600. The van der Waals surface area contributed by atoms with Gasteiger partial charge in [0.1, 0.15) is 6.61 Å². The zero-order valence-corrected chi connectivity index (χ0v) is 9.99. The summed E-state index contributed by atoms with van der Waals surface area (Å²) in [5, 5.41) is 8.58. The lowest BCUT2D eigenvalue weighted by molar-refractivity contribution is 0.00792. The first-order valence-corrected chi connectivity index (χ1v) is 5.89. The molecular formula is C14H15FO3. The van der Waals surface area contributed by atoms with E-state index in [0.29, 0.717) is 18.1 Å².